The highest BCUT2D eigenvalue weighted by Crippen LogP contribution is 2.20. The Balaban J connectivity index is 2.87. The van der Waals surface area contributed by atoms with Crippen LogP contribution in [0, 0.1) is 11.3 Å². The molecule has 102 valence electrons. The van der Waals surface area contributed by atoms with Crippen LogP contribution in [0.25, 0.3) is 0 Å². The Morgan fingerprint density at radius 2 is 2.32 bits per heavy atom. The zero-order chi connectivity index (χ0) is 14.3. The maximum atomic E-state index is 10.9. The van der Waals surface area contributed by atoms with Gasteiger partial charge in [-0.2, -0.15) is 5.26 Å². The van der Waals surface area contributed by atoms with Crippen molar-refractivity contribution >= 4 is 5.97 Å². The van der Waals surface area contributed by atoms with Crippen molar-refractivity contribution < 1.29 is 14.6 Å². The third kappa shape index (κ3) is 4.70. The summed E-state index contributed by atoms with van der Waals surface area (Å²) in [5, 5.41) is 17.8. The van der Waals surface area contributed by atoms with Crippen LogP contribution in [0.1, 0.15) is 24.1 Å². The van der Waals surface area contributed by atoms with E-state index in [4.69, 9.17) is 15.1 Å². The Bertz CT molecular complexity index is 468. The van der Waals surface area contributed by atoms with E-state index in [2.05, 4.69) is 6.07 Å². The average molecular weight is 262 g/mol. The number of carboxylic acid groups (broad SMARTS) is 1. The number of benzene rings is 1. The van der Waals surface area contributed by atoms with Gasteiger partial charge in [-0.05, 0) is 24.6 Å². The van der Waals surface area contributed by atoms with E-state index in [0.29, 0.717) is 18.7 Å². The molecule has 0 bridgehead atoms. The molecule has 0 saturated heterocycles. The standard InChI is InChI=1S/C14H18N2O3/c1-11(13-5-3-4-12(8-13)9-15)16(6-7-19-2)10-14(17)18/h3-5,8,11H,6-7,10H2,1-2H3,(H,17,18). The minimum atomic E-state index is -0.876. The fourth-order valence-electron chi connectivity index (χ4n) is 1.87. The Hall–Kier alpha value is -1.90. The maximum Gasteiger partial charge on any atom is 0.317 e. The minimum absolute atomic E-state index is 0.0543. The van der Waals surface area contributed by atoms with Crippen molar-refractivity contribution in [1.82, 2.24) is 4.90 Å². The number of carbonyl (C=O) groups is 1. The maximum absolute atomic E-state index is 10.9. The summed E-state index contributed by atoms with van der Waals surface area (Å²) in [4.78, 5) is 12.7. The molecule has 19 heavy (non-hydrogen) atoms. The van der Waals surface area contributed by atoms with E-state index in [1.165, 1.54) is 0 Å². The van der Waals surface area contributed by atoms with Crippen molar-refractivity contribution in [2.24, 2.45) is 0 Å². The molecular formula is C14H18N2O3. The summed E-state index contributed by atoms with van der Waals surface area (Å²) in [6.07, 6.45) is 0. The van der Waals surface area contributed by atoms with Gasteiger partial charge < -0.3 is 9.84 Å². The summed E-state index contributed by atoms with van der Waals surface area (Å²) < 4.78 is 5.00. The zero-order valence-corrected chi connectivity index (χ0v) is 11.2. The molecule has 0 saturated carbocycles. The van der Waals surface area contributed by atoms with Crippen LogP contribution in [0.15, 0.2) is 24.3 Å². The number of nitriles is 1. The van der Waals surface area contributed by atoms with E-state index in [0.717, 1.165) is 5.56 Å². The number of carboxylic acids is 1. The molecule has 5 heteroatoms. The van der Waals surface area contributed by atoms with Gasteiger partial charge in [0.1, 0.15) is 0 Å². The van der Waals surface area contributed by atoms with Gasteiger partial charge in [-0.25, -0.2) is 0 Å². The van der Waals surface area contributed by atoms with E-state index in [9.17, 15) is 4.79 Å². The molecule has 0 aliphatic heterocycles. The van der Waals surface area contributed by atoms with Gasteiger partial charge >= 0.3 is 5.97 Å². The van der Waals surface area contributed by atoms with E-state index < -0.39 is 5.97 Å². The lowest BCUT2D eigenvalue weighted by Gasteiger charge is -2.27. The van der Waals surface area contributed by atoms with Crippen LogP contribution in [-0.4, -0.2) is 42.8 Å². The molecule has 1 rings (SSSR count). The molecule has 0 amide bonds. The molecule has 1 aromatic rings. The molecule has 0 aliphatic rings. The highest BCUT2D eigenvalue weighted by atomic mass is 16.5. The van der Waals surface area contributed by atoms with Gasteiger partial charge in [-0.1, -0.05) is 12.1 Å². The highest BCUT2D eigenvalue weighted by Gasteiger charge is 2.18. The van der Waals surface area contributed by atoms with Crippen molar-refractivity contribution in [3.8, 4) is 6.07 Å². The zero-order valence-electron chi connectivity index (χ0n) is 11.2. The number of hydrogen-bond donors (Lipinski definition) is 1. The largest absolute Gasteiger partial charge is 0.480 e. The number of hydrogen-bond acceptors (Lipinski definition) is 4. The van der Waals surface area contributed by atoms with Gasteiger partial charge in [0.2, 0.25) is 0 Å². The summed E-state index contributed by atoms with van der Waals surface area (Å²) in [6, 6.07) is 9.22. The predicted octanol–water partition coefficient (Wildman–Crippen LogP) is 1.65. The Labute approximate surface area is 113 Å². The normalized spacial score (nSPS) is 12.1. The topological polar surface area (TPSA) is 73.6 Å². The lowest BCUT2D eigenvalue weighted by atomic mass is 10.0. The van der Waals surface area contributed by atoms with Gasteiger partial charge in [-0.15, -0.1) is 0 Å². The second-order valence-electron chi connectivity index (χ2n) is 4.27. The van der Waals surface area contributed by atoms with Gasteiger partial charge in [0, 0.05) is 19.7 Å². The van der Waals surface area contributed by atoms with E-state index in [-0.39, 0.29) is 12.6 Å². The smallest absolute Gasteiger partial charge is 0.317 e. The Morgan fingerprint density at radius 1 is 1.58 bits per heavy atom. The van der Waals surface area contributed by atoms with Crippen molar-refractivity contribution in [3.05, 3.63) is 35.4 Å². The number of ether oxygens (including phenoxy) is 1. The number of nitrogens with zero attached hydrogens (tertiary/aromatic N) is 2. The summed E-state index contributed by atoms with van der Waals surface area (Å²) in [7, 11) is 1.58. The summed E-state index contributed by atoms with van der Waals surface area (Å²) >= 11 is 0. The minimum Gasteiger partial charge on any atom is -0.480 e. The summed E-state index contributed by atoms with van der Waals surface area (Å²) in [5.74, 6) is -0.876. The van der Waals surface area contributed by atoms with E-state index in [1.807, 2.05) is 17.9 Å². The lowest BCUT2D eigenvalue weighted by molar-refractivity contribution is -0.139. The van der Waals surface area contributed by atoms with Gasteiger partial charge in [0.15, 0.2) is 0 Å². The second kappa shape index (κ2) is 7.52. The van der Waals surface area contributed by atoms with Crippen LogP contribution < -0.4 is 0 Å². The molecule has 0 aromatic heterocycles. The molecule has 1 unspecified atom stereocenters. The number of aliphatic carboxylic acids is 1. The molecule has 0 fully saturated rings. The summed E-state index contributed by atoms with van der Waals surface area (Å²) in [5.41, 5.74) is 1.50. The molecule has 1 N–H and O–H groups in total. The van der Waals surface area contributed by atoms with E-state index in [1.54, 1.807) is 25.3 Å². The first-order valence-electron chi connectivity index (χ1n) is 6.03. The van der Waals surface area contributed by atoms with Gasteiger partial charge in [-0.3, -0.25) is 9.69 Å². The van der Waals surface area contributed by atoms with Gasteiger partial charge in [0.05, 0.1) is 24.8 Å². The third-order valence-electron chi connectivity index (χ3n) is 2.97. The fraction of sp³-hybridized carbons (Fsp3) is 0.429. The monoisotopic (exact) mass is 262 g/mol. The predicted molar refractivity (Wildman–Crippen MR) is 70.7 cm³/mol. The molecule has 5 nitrogen and oxygen atoms in total. The van der Waals surface area contributed by atoms with Crippen LogP contribution in [0.2, 0.25) is 0 Å². The molecular weight excluding hydrogens is 244 g/mol. The lowest BCUT2D eigenvalue weighted by Crippen LogP contribution is -2.35. The summed E-state index contributed by atoms with van der Waals surface area (Å²) in [6.45, 7) is 2.87. The van der Waals surface area contributed by atoms with Crippen molar-refractivity contribution in [2.45, 2.75) is 13.0 Å². The fourth-order valence-corrected chi connectivity index (χ4v) is 1.87. The SMILES string of the molecule is COCCN(CC(=O)O)C(C)c1cccc(C#N)c1. The third-order valence-corrected chi connectivity index (χ3v) is 2.97. The van der Waals surface area contributed by atoms with Crippen LogP contribution in [0.3, 0.4) is 0 Å². The van der Waals surface area contributed by atoms with Crippen LogP contribution in [0.5, 0.6) is 0 Å². The van der Waals surface area contributed by atoms with Crippen molar-refractivity contribution in [3.63, 3.8) is 0 Å². The molecule has 0 radical (unpaired) electrons. The first kappa shape index (κ1) is 15.2. The molecule has 1 atom stereocenters. The van der Waals surface area contributed by atoms with Crippen LogP contribution >= 0.6 is 0 Å². The van der Waals surface area contributed by atoms with Crippen molar-refractivity contribution in [1.29, 1.82) is 5.26 Å². The molecule has 0 heterocycles. The quantitative estimate of drug-likeness (QED) is 0.808. The number of methoxy groups -OCH3 is 1. The molecule has 0 spiro atoms. The van der Waals surface area contributed by atoms with Crippen LogP contribution in [-0.2, 0) is 9.53 Å². The number of rotatable bonds is 7. The van der Waals surface area contributed by atoms with E-state index >= 15 is 0 Å². The van der Waals surface area contributed by atoms with Crippen LogP contribution in [0.4, 0.5) is 0 Å². The second-order valence-corrected chi connectivity index (χ2v) is 4.27. The first-order chi connectivity index (χ1) is 9.08. The Morgan fingerprint density at radius 3 is 2.89 bits per heavy atom. The Kier molecular flexibility index (Phi) is 6.00. The average Bonchev–Trinajstić information content (AvgIpc) is 2.42. The first-order valence-corrected chi connectivity index (χ1v) is 6.03. The van der Waals surface area contributed by atoms with Crippen molar-refractivity contribution in [2.75, 3.05) is 26.8 Å². The van der Waals surface area contributed by atoms with Gasteiger partial charge in [0.25, 0.3) is 0 Å². The molecule has 0 aliphatic carbocycles. The molecule has 1 aromatic carbocycles. The highest BCUT2D eigenvalue weighted by molar-refractivity contribution is 5.69.